The van der Waals surface area contributed by atoms with Crippen molar-refractivity contribution in [1.29, 1.82) is 0 Å². The predicted molar refractivity (Wildman–Crippen MR) is 204 cm³/mol. The van der Waals surface area contributed by atoms with Crippen LogP contribution in [0, 0.1) is 0 Å². The van der Waals surface area contributed by atoms with Crippen LogP contribution in [0.1, 0.15) is 15.9 Å². The van der Waals surface area contributed by atoms with Crippen LogP contribution in [0.4, 0.5) is 39.8 Å². The SMILES string of the molecule is NC1=CC(=O)C=C/C1=N/Nc1ccc(Nc2ccc(N=Nc3c(S(=O)(=O)[O-])cc4c(c3N)C(=O)/C(=N/Nc3ccccc3)C(S(=O)(=O)[O-])=C4)cc2S(=O)(=O)[O-])cc1.[Na+].[Na+].[Na+]. The summed E-state index contributed by atoms with van der Waals surface area (Å²) >= 11 is 0. The fourth-order valence-corrected chi connectivity index (χ4v) is 7.21. The zero-order valence-corrected chi connectivity index (χ0v) is 39.9. The second-order valence-corrected chi connectivity index (χ2v) is 15.8. The van der Waals surface area contributed by atoms with Gasteiger partial charge in [0.2, 0.25) is 5.78 Å². The van der Waals surface area contributed by atoms with Crippen molar-refractivity contribution in [3.63, 3.8) is 0 Å². The Balaban J connectivity index is 0.00000320. The van der Waals surface area contributed by atoms with Crippen molar-refractivity contribution < 1.29 is 137 Å². The van der Waals surface area contributed by atoms with Gasteiger partial charge in [0.1, 0.15) is 47.5 Å². The average Bonchev–Trinajstić information content (AvgIpc) is 3.13. The van der Waals surface area contributed by atoms with Gasteiger partial charge in [-0.3, -0.25) is 20.4 Å². The zero-order chi connectivity index (χ0) is 41.3. The molecule has 292 valence electrons. The second-order valence-electron chi connectivity index (χ2n) is 11.8. The maximum absolute atomic E-state index is 13.7. The molecule has 0 aromatic heterocycles. The molecule has 2 aliphatic rings. The molecular weight excluding hydrogens is 876 g/mol. The van der Waals surface area contributed by atoms with Crippen LogP contribution in [0.15, 0.2) is 138 Å². The van der Waals surface area contributed by atoms with Crippen molar-refractivity contribution in [2.45, 2.75) is 9.79 Å². The first kappa shape index (κ1) is 50.5. The number of Topliss-reactive ketones (excluding diaryl/α,β-unsaturated/α-hetero) is 1. The standard InChI is InChI=1S/C34H27N9O11S3.3Na/c35-24-17-23(44)11-13-25(24)41-38-21-8-6-19(7-9-21)37-26-12-10-22(16-27(26)55(46,47)48)40-42-32-28(56(49,50)51)14-18-15-29(57(52,53)54)33(34(45)30(18)31(32)36)43-39-20-4-2-1-3-5-20;;;/h1-17,37-39H,35-36H2,(H,46,47,48)(H,49,50,51)(H,52,53,54);;;/q;3*+1/p-3/b41-25-,42-40?,43-33+;;;. The molecule has 0 fully saturated rings. The largest absolute Gasteiger partial charge is 1.00 e. The van der Waals surface area contributed by atoms with Gasteiger partial charge in [0.05, 0.1) is 54.4 Å². The van der Waals surface area contributed by atoms with Crippen molar-refractivity contribution in [1.82, 2.24) is 0 Å². The van der Waals surface area contributed by atoms with Gasteiger partial charge in [0.25, 0.3) is 0 Å². The van der Waals surface area contributed by atoms with Gasteiger partial charge in [-0.25, -0.2) is 25.3 Å². The van der Waals surface area contributed by atoms with Crippen LogP contribution >= 0.6 is 0 Å². The number of para-hydroxylation sites is 1. The predicted octanol–water partition coefficient (Wildman–Crippen LogP) is -5.45. The number of allylic oxidation sites excluding steroid dienone is 4. The van der Waals surface area contributed by atoms with E-state index in [1.54, 1.807) is 30.3 Å². The van der Waals surface area contributed by atoms with Gasteiger partial charge in [-0.1, -0.05) is 18.2 Å². The van der Waals surface area contributed by atoms with E-state index in [1.807, 2.05) is 0 Å². The summed E-state index contributed by atoms with van der Waals surface area (Å²) in [6.07, 6.45) is 4.55. The van der Waals surface area contributed by atoms with Crippen LogP contribution in [0.5, 0.6) is 0 Å². The number of azo groups is 1. The number of hydrogen-bond donors (Lipinski definition) is 5. The summed E-state index contributed by atoms with van der Waals surface area (Å²) in [6.45, 7) is 0. The zero-order valence-electron chi connectivity index (χ0n) is 31.5. The van der Waals surface area contributed by atoms with Gasteiger partial charge in [-0.05, 0) is 84.5 Å². The molecule has 0 heterocycles. The molecule has 0 radical (unpaired) electrons. The molecule has 0 amide bonds. The number of fused-ring (bicyclic) bond motifs is 1. The Morgan fingerprint density at radius 1 is 0.617 bits per heavy atom. The first-order valence-electron chi connectivity index (χ1n) is 15.8. The van der Waals surface area contributed by atoms with Crippen LogP contribution in [-0.2, 0) is 35.1 Å². The molecule has 0 saturated heterocycles. The summed E-state index contributed by atoms with van der Waals surface area (Å²) < 4.78 is 110. The third-order valence-electron chi connectivity index (χ3n) is 7.87. The molecule has 0 atom stereocenters. The molecule has 0 saturated carbocycles. The number of nitrogens with one attached hydrogen (secondary N) is 3. The Morgan fingerprint density at radius 3 is 1.82 bits per heavy atom. The number of carbonyl (C=O) groups excluding carboxylic acids is 2. The fourth-order valence-electron chi connectivity index (χ4n) is 5.25. The summed E-state index contributed by atoms with van der Waals surface area (Å²) in [5, 5.41) is 18.2. The minimum absolute atomic E-state index is 0. The van der Waals surface area contributed by atoms with E-state index in [2.05, 4.69) is 36.6 Å². The number of rotatable bonds is 11. The van der Waals surface area contributed by atoms with E-state index in [1.165, 1.54) is 48.6 Å². The van der Waals surface area contributed by atoms with Gasteiger partial charge >= 0.3 is 88.7 Å². The van der Waals surface area contributed by atoms with Crippen LogP contribution < -0.4 is 116 Å². The molecule has 20 nitrogen and oxygen atoms in total. The van der Waals surface area contributed by atoms with Crippen molar-refractivity contribution in [3.8, 4) is 0 Å². The van der Waals surface area contributed by atoms with E-state index >= 15 is 0 Å². The summed E-state index contributed by atoms with van der Waals surface area (Å²) in [7, 11) is -16.1. The molecule has 7 N–H and O–H groups in total. The van der Waals surface area contributed by atoms with Crippen molar-refractivity contribution in [2.75, 3.05) is 21.9 Å². The van der Waals surface area contributed by atoms with Crippen molar-refractivity contribution in [2.24, 2.45) is 26.2 Å². The summed E-state index contributed by atoms with van der Waals surface area (Å²) in [5.41, 5.74) is 14.4. The monoisotopic (exact) mass is 899 g/mol. The Kier molecular flexibility index (Phi) is 17.1. The van der Waals surface area contributed by atoms with E-state index in [0.717, 1.165) is 12.1 Å². The van der Waals surface area contributed by atoms with Crippen molar-refractivity contribution in [3.05, 3.63) is 119 Å². The van der Waals surface area contributed by atoms with E-state index in [9.17, 15) is 48.5 Å². The molecule has 26 heteroatoms. The van der Waals surface area contributed by atoms with Crippen LogP contribution in [0.3, 0.4) is 0 Å². The molecule has 60 heavy (non-hydrogen) atoms. The van der Waals surface area contributed by atoms with Gasteiger partial charge < -0.3 is 30.4 Å². The van der Waals surface area contributed by atoms with E-state index in [0.29, 0.717) is 29.2 Å². The van der Waals surface area contributed by atoms with Crippen LogP contribution in [0.25, 0.3) is 6.08 Å². The smallest absolute Gasteiger partial charge is 0.744 e. The molecule has 4 aromatic rings. The molecule has 0 spiro atoms. The summed E-state index contributed by atoms with van der Waals surface area (Å²) in [4.78, 5) is 21.9. The fraction of sp³-hybridized carbons (Fsp3) is 0. The Morgan fingerprint density at radius 2 is 1.22 bits per heavy atom. The molecule has 0 aliphatic heterocycles. The molecule has 2 aliphatic carbocycles. The number of hydrazone groups is 2. The molecular formula is C34H24N9Na3O11S3. The number of nitrogens with zero attached hydrogens (tertiary/aromatic N) is 4. The molecule has 0 unspecified atom stereocenters. The summed E-state index contributed by atoms with van der Waals surface area (Å²) in [6, 6.07) is 17.7. The maximum Gasteiger partial charge on any atom is 1.00 e. The third-order valence-corrected chi connectivity index (χ3v) is 10.4. The summed E-state index contributed by atoms with van der Waals surface area (Å²) in [5.74, 6) is -1.55. The number of carbonyl (C=O) groups is 2. The minimum atomic E-state index is -5.50. The van der Waals surface area contributed by atoms with Gasteiger partial charge in [0, 0.05) is 11.8 Å². The second kappa shape index (κ2) is 20.3. The maximum atomic E-state index is 13.7. The average molecular weight is 900 g/mol. The Labute approximate surface area is 408 Å². The topological polar surface area (TPSA) is 343 Å². The quantitative estimate of drug-likeness (QED) is 0.0234. The van der Waals surface area contributed by atoms with E-state index in [4.69, 9.17) is 11.5 Å². The number of benzene rings is 4. The molecule has 6 rings (SSSR count). The van der Waals surface area contributed by atoms with E-state index in [-0.39, 0.29) is 117 Å². The van der Waals surface area contributed by atoms with Crippen LogP contribution in [-0.4, -0.2) is 61.9 Å². The third kappa shape index (κ3) is 11.9. The normalized spacial score (nSPS) is 15.2. The number of nitrogens with two attached hydrogens (primary N) is 2. The molecule has 0 bridgehead atoms. The minimum Gasteiger partial charge on any atom is -0.744 e. The van der Waals surface area contributed by atoms with Crippen molar-refractivity contribution >= 4 is 99.2 Å². The Hall–Kier alpha value is -3.89. The first-order chi connectivity index (χ1) is 26.8. The van der Waals surface area contributed by atoms with Crippen LogP contribution in [0.2, 0.25) is 0 Å². The number of nitrogen functional groups attached to an aromatic ring is 1. The van der Waals surface area contributed by atoms with E-state index < -0.39 is 79.0 Å². The number of ketones is 2. The first-order valence-corrected chi connectivity index (χ1v) is 20.0. The Bertz CT molecular complexity index is 2910. The van der Waals surface area contributed by atoms with Gasteiger partial charge in [-0.2, -0.15) is 15.3 Å². The number of anilines is 5. The molecule has 4 aromatic carbocycles. The van der Waals surface area contributed by atoms with Gasteiger partial charge in [0.15, 0.2) is 5.78 Å². The van der Waals surface area contributed by atoms with Gasteiger partial charge in [-0.15, -0.1) is 5.11 Å². The number of hydrogen-bond acceptors (Lipinski definition) is 20.